The number of aromatic nitrogens is 5. The van der Waals surface area contributed by atoms with Gasteiger partial charge in [-0.25, -0.2) is 9.48 Å². The van der Waals surface area contributed by atoms with Crippen LogP contribution in [0.4, 0.5) is 0 Å². The molecule has 1 aromatic carbocycles. The first-order valence-corrected chi connectivity index (χ1v) is 9.99. The third kappa shape index (κ3) is 3.47. The van der Waals surface area contributed by atoms with Crippen molar-refractivity contribution in [1.29, 1.82) is 0 Å². The minimum atomic E-state index is -0.527. The number of benzene rings is 1. The number of aryl methyl sites for hydroxylation is 3. The first-order chi connectivity index (χ1) is 14.2. The Morgan fingerprint density at radius 2 is 1.80 bits per heavy atom. The van der Waals surface area contributed by atoms with Crippen molar-refractivity contribution < 1.29 is 0 Å². The lowest BCUT2D eigenvalue weighted by Crippen LogP contribution is -2.31. The number of nitrogens with one attached hydrogen (secondary N) is 2. The van der Waals surface area contributed by atoms with Crippen LogP contribution in [-0.4, -0.2) is 24.7 Å². The van der Waals surface area contributed by atoms with Crippen LogP contribution in [0.3, 0.4) is 0 Å². The molecule has 4 rings (SSSR count). The summed E-state index contributed by atoms with van der Waals surface area (Å²) in [7, 11) is 1.52. The second kappa shape index (κ2) is 7.40. The molecule has 0 amide bonds. The van der Waals surface area contributed by atoms with Crippen LogP contribution in [0.25, 0.3) is 22.3 Å². The summed E-state index contributed by atoms with van der Waals surface area (Å²) in [4.78, 5) is 34.3. The van der Waals surface area contributed by atoms with Gasteiger partial charge in [-0.05, 0) is 66.3 Å². The molecule has 0 radical (unpaired) electrons. The summed E-state index contributed by atoms with van der Waals surface area (Å²) in [5.41, 5.74) is 7.50. The van der Waals surface area contributed by atoms with E-state index < -0.39 is 11.2 Å². The summed E-state index contributed by atoms with van der Waals surface area (Å²) in [6.45, 7) is 8.38. The Morgan fingerprint density at radius 1 is 1.10 bits per heavy atom. The molecule has 0 unspecified atom stereocenters. The van der Waals surface area contributed by atoms with Gasteiger partial charge in [0.25, 0.3) is 5.56 Å². The highest BCUT2D eigenvalue weighted by Crippen LogP contribution is 2.27. The van der Waals surface area contributed by atoms with Crippen LogP contribution < -0.4 is 11.2 Å². The zero-order valence-corrected chi connectivity index (χ0v) is 17.8. The highest BCUT2D eigenvalue weighted by atomic mass is 16.2. The van der Waals surface area contributed by atoms with Crippen molar-refractivity contribution in [2.75, 3.05) is 0 Å². The molecule has 0 aliphatic heterocycles. The predicted octanol–water partition coefficient (Wildman–Crippen LogP) is 3.34. The van der Waals surface area contributed by atoms with E-state index >= 15 is 0 Å². The van der Waals surface area contributed by atoms with Crippen LogP contribution in [0, 0.1) is 13.8 Å². The number of fused-ring (bicyclic) bond motifs is 1. The second-order valence-corrected chi connectivity index (χ2v) is 8.09. The third-order valence-electron chi connectivity index (χ3n) is 5.54. The lowest BCUT2D eigenvalue weighted by atomic mass is 9.94. The topological polar surface area (TPSA) is 96.4 Å². The molecule has 0 atom stereocenters. The molecule has 0 bridgehead atoms. The Labute approximate surface area is 173 Å². The van der Waals surface area contributed by atoms with Crippen LogP contribution in [0.1, 0.15) is 47.7 Å². The van der Waals surface area contributed by atoms with Gasteiger partial charge in [0.1, 0.15) is 0 Å². The number of aromatic amines is 2. The fraction of sp³-hybridized carbons (Fsp3) is 0.304. The fourth-order valence-corrected chi connectivity index (χ4v) is 3.86. The first-order valence-electron chi connectivity index (χ1n) is 9.99. The summed E-state index contributed by atoms with van der Waals surface area (Å²) in [5, 5.41) is 4.14. The molecular formula is C23H25N5O2. The summed E-state index contributed by atoms with van der Waals surface area (Å²) >= 11 is 0. The number of hydrogen-bond acceptors (Lipinski definition) is 4. The van der Waals surface area contributed by atoms with Gasteiger partial charge in [0.05, 0.1) is 11.0 Å². The van der Waals surface area contributed by atoms with Gasteiger partial charge in [-0.1, -0.05) is 13.8 Å². The smallest absolute Gasteiger partial charge is 0.344 e. The minimum Gasteiger partial charge on any atom is -0.360 e. The van der Waals surface area contributed by atoms with Crippen molar-refractivity contribution in [3.63, 3.8) is 0 Å². The molecule has 2 N–H and O–H groups in total. The van der Waals surface area contributed by atoms with Crippen molar-refractivity contribution in [2.45, 2.75) is 40.0 Å². The SMILES string of the molecule is Cc1cc(-c2nn(C)c(=O)[nH]c2=O)cc(C)c1Cc1ccc2[nH]cc(C(C)C)c2n1. The molecule has 0 saturated heterocycles. The van der Waals surface area contributed by atoms with E-state index in [0.29, 0.717) is 17.9 Å². The van der Waals surface area contributed by atoms with Gasteiger partial charge in [0.2, 0.25) is 0 Å². The van der Waals surface area contributed by atoms with Crippen LogP contribution >= 0.6 is 0 Å². The molecule has 3 aromatic heterocycles. The number of H-pyrrole nitrogens is 2. The maximum atomic E-state index is 12.2. The minimum absolute atomic E-state index is 0.239. The quantitative estimate of drug-likeness (QED) is 0.546. The average molecular weight is 403 g/mol. The highest BCUT2D eigenvalue weighted by molar-refractivity contribution is 5.79. The van der Waals surface area contributed by atoms with Crippen LogP contribution in [0.5, 0.6) is 0 Å². The predicted molar refractivity (Wildman–Crippen MR) is 118 cm³/mol. The molecule has 0 saturated carbocycles. The van der Waals surface area contributed by atoms with Crippen molar-refractivity contribution in [3.8, 4) is 11.3 Å². The maximum absolute atomic E-state index is 12.2. The Hall–Kier alpha value is -3.48. The summed E-state index contributed by atoms with van der Waals surface area (Å²) < 4.78 is 1.14. The van der Waals surface area contributed by atoms with E-state index in [1.54, 1.807) is 0 Å². The van der Waals surface area contributed by atoms with Gasteiger partial charge in [0, 0.05) is 30.9 Å². The molecule has 7 nitrogen and oxygen atoms in total. The largest absolute Gasteiger partial charge is 0.360 e. The van der Waals surface area contributed by atoms with E-state index in [4.69, 9.17) is 4.98 Å². The van der Waals surface area contributed by atoms with Crippen molar-refractivity contribution >= 4 is 11.0 Å². The second-order valence-electron chi connectivity index (χ2n) is 8.09. The van der Waals surface area contributed by atoms with E-state index in [0.717, 1.165) is 32.5 Å². The van der Waals surface area contributed by atoms with Crippen molar-refractivity contribution in [1.82, 2.24) is 24.7 Å². The first kappa shape index (κ1) is 19.8. The molecule has 0 fully saturated rings. The Bertz CT molecular complexity index is 1350. The van der Waals surface area contributed by atoms with Crippen molar-refractivity contribution in [2.24, 2.45) is 7.05 Å². The summed E-state index contributed by atoms with van der Waals surface area (Å²) in [6, 6.07) is 8.02. The van der Waals surface area contributed by atoms with Crippen molar-refractivity contribution in [3.05, 3.63) is 79.2 Å². The Morgan fingerprint density at radius 3 is 2.47 bits per heavy atom. The molecule has 3 heterocycles. The summed E-state index contributed by atoms with van der Waals surface area (Å²) in [6.07, 6.45) is 2.74. The third-order valence-corrected chi connectivity index (χ3v) is 5.54. The number of rotatable bonds is 4. The monoisotopic (exact) mass is 403 g/mol. The van der Waals surface area contributed by atoms with Crippen LogP contribution in [0.15, 0.2) is 40.1 Å². The highest BCUT2D eigenvalue weighted by Gasteiger charge is 2.14. The molecule has 0 aliphatic rings. The fourth-order valence-electron chi connectivity index (χ4n) is 3.86. The van der Waals surface area contributed by atoms with E-state index in [1.807, 2.05) is 32.2 Å². The lowest BCUT2D eigenvalue weighted by molar-refractivity contribution is 0.671. The average Bonchev–Trinajstić information content (AvgIpc) is 3.11. The molecule has 154 valence electrons. The van der Waals surface area contributed by atoms with Gasteiger partial charge < -0.3 is 4.98 Å². The van der Waals surface area contributed by atoms with E-state index in [9.17, 15) is 9.59 Å². The molecule has 30 heavy (non-hydrogen) atoms. The zero-order valence-electron chi connectivity index (χ0n) is 17.8. The van der Waals surface area contributed by atoms with Crippen LogP contribution in [-0.2, 0) is 13.5 Å². The van der Waals surface area contributed by atoms with Crippen LogP contribution in [0.2, 0.25) is 0 Å². The standard InChI is InChI=1S/C23H25N5O2/c1-12(2)18-11-24-19-7-6-16(25-21(18)19)10-17-13(3)8-15(9-14(17)4)20-22(29)26-23(30)28(5)27-20/h6-9,11-12,24H,10H2,1-5H3,(H,26,29,30). The van der Waals surface area contributed by atoms with Gasteiger partial charge in [0.15, 0.2) is 5.69 Å². The number of nitrogens with zero attached hydrogens (tertiary/aromatic N) is 3. The molecule has 4 aromatic rings. The van der Waals surface area contributed by atoms with Gasteiger partial charge in [-0.2, -0.15) is 5.10 Å². The normalized spacial score (nSPS) is 11.5. The van der Waals surface area contributed by atoms with E-state index in [1.165, 1.54) is 18.2 Å². The van der Waals surface area contributed by atoms with E-state index in [-0.39, 0.29) is 5.69 Å². The van der Waals surface area contributed by atoms with Gasteiger partial charge >= 0.3 is 5.69 Å². The maximum Gasteiger partial charge on any atom is 0.344 e. The Balaban J connectivity index is 1.74. The summed E-state index contributed by atoms with van der Waals surface area (Å²) in [5.74, 6) is 0.400. The molecule has 7 heteroatoms. The molecule has 0 aliphatic carbocycles. The van der Waals surface area contributed by atoms with Gasteiger partial charge in [-0.15, -0.1) is 0 Å². The Kier molecular flexibility index (Phi) is 4.89. The molecular weight excluding hydrogens is 378 g/mol. The van der Waals surface area contributed by atoms with Gasteiger partial charge in [-0.3, -0.25) is 14.8 Å². The number of hydrogen-bond donors (Lipinski definition) is 2. The van der Waals surface area contributed by atoms with E-state index in [2.05, 4.69) is 41.0 Å². The zero-order chi connectivity index (χ0) is 21.6. The lowest BCUT2D eigenvalue weighted by Gasteiger charge is -2.13. The number of pyridine rings is 1. The molecule has 0 spiro atoms.